The SMILES string of the molecule is CC(=O)OC[C@@H](C)[C@H](OCc1ccccc1)[C@@H](C)CO. The number of hydrogen-bond donors (Lipinski definition) is 1. The first-order valence-corrected chi connectivity index (χ1v) is 6.94. The van der Waals surface area contributed by atoms with Crippen LogP contribution in [-0.4, -0.2) is 30.4 Å². The Labute approximate surface area is 120 Å². The van der Waals surface area contributed by atoms with Gasteiger partial charge in [-0.05, 0) is 5.56 Å². The Kier molecular flexibility index (Phi) is 7.26. The van der Waals surface area contributed by atoms with Gasteiger partial charge in [0.2, 0.25) is 0 Å². The molecule has 0 bridgehead atoms. The lowest BCUT2D eigenvalue weighted by Gasteiger charge is -2.28. The van der Waals surface area contributed by atoms with E-state index in [-0.39, 0.29) is 30.5 Å². The van der Waals surface area contributed by atoms with Gasteiger partial charge in [0.05, 0.1) is 19.3 Å². The maximum absolute atomic E-state index is 10.9. The Morgan fingerprint density at radius 2 is 1.85 bits per heavy atom. The van der Waals surface area contributed by atoms with Crippen molar-refractivity contribution in [3.05, 3.63) is 35.9 Å². The first-order valence-electron chi connectivity index (χ1n) is 6.94. The molecular weight excluding hydrogens is 256 g/mol. The average Bonchev–Trinajstić information content (AvgIpc) is 2.46. The largest absolute Gasteiger partial charge is 0.465 e. The van der Waals surface area contributed by atoms with Gasteiger partial charge in [-0.25, -0.2) is 0 Å². The van der Waals surface area contributed by atoms with E-state index in [1.807, 2.05) is 44.2 Å². The smallest absolute Gasteiger partial charge is 0.302 e. The lowest BCUT2D eigenvalue weighted by molar-refractivity contribution is -0.145. The highest BCUT2D eigenvalue weighted by molar-refractivity contribution is 5.65. The summed E-state index contributed by atoms with van der Waals surface area (Å²) in [6.45, 7) is 6.12. The number of carbonyl (C=O) groups is 1. The van der Waals surface area contributed by atoms with Crippen molar-refractivity contribution in [2.45, 2.75) is 33.5 Å². The number of ether oxygens (including phenoxy) is 2. The van der Waals surface area contributed by atoms with Gasteiger partial charge in [0.15, 0.2) is 0 Å². The maximum atomic E-state index is 10.9. The van der Waals surface area contributed by atoms with Crippen molar-refractivity contribution in [3.63, 3.8) is 0 Å². The Morgan fingerprint density at radius 3 is 2.40 bits per heavy atom. The zero-order chi connectivity index (χ0) is 15.0. The number of rotatable bonds is 8. The zero-order valence-corrected chi connectivity index (χ0v) is 12.4. The van der Waals surface area contributed by atoms with E-state index >= 15 is 0 Å². The van der Waals surface area contributed by atoms with Gasteiger partial charge in [-0.15, -0.1) is 0 Å². The molecule has 112 valence electrons. The summed E-state index contributed by atoms with van der Waals surface area (Å²) in [7, 11) is 0. The van der Waals surface area contributed by atoms with Crippen LogP contribution in [0.25, 0.3) is 0 Å². The molecule has 0 aliphatic heterocycles. The van der Waals surface area contributed by atoms with Crippen LogP contribution < -0.4 is 0 Å². The number of esters is 1. The van der Waals surface area contributed by atoms with Gasteiger partial charge in [0, 0.05) is 25.4 Å². The highest BCUT2D eigenvalue weighted by Gasteiger charge is 2.25. The van der Waals surface area contributed by atoms with E-state index in [0.717, 1.165) is 5.56 Å². The van der Waals surface area contributed by atoms with E-state index in [1.54, 1.807) is 0 Å². The minimum absolute atomic E-state index is 0.00993. The van der Waals surface area contributed by atoms with Crippen LogP contribution in [-0.2, 0) is 20.9 Å². The second-order valence-electron chi connectivity index (χ2n) is 5.20. The van der Waals surface area contributed by atoms with Crippen LogP contribution in [0.15, 0.2) is 30.3 Å². The molecular formula is C16H24O4. The molecule has 0 aliphatic rings. The van der Waals surface area contributed by atoms with Gasteiger partial charge in [-0.1, -0.05) is 44.2 Å². The van der Waals surface area contributed by atoms with Crippen molar-refractivity contribution in [2.24, 2.45) is 11.8 Å². The minimum atomic E-state index is -0.296. The van der Waals surface area contributed by atoms with Gasteiger partial charge >= 0.3 is 5.97 Å². The summed E-state index contributed by atoms with van der Waals surface area (Å²) in [6, 6.07) is 9.88. The highest BCUT2D eigenvalue weighted by atomic mass is 16.5. The van der Waals surface area contributed by atoms with Crippen molar-refractivity contribution in [3.8, 4) is 0 Å². The molecule has 0 radical (unpaired) electrons. The van der Waals surface area contributed by atoms with E-state index in [2.05, 4.69) is 0 Å². The molecule has 1 aromatic rings. The second-order valence-corrected chi connectivity index (χ2v) is 5.20. The summed E-state index contributed by atoms with van der Waals surface area (Å²) >= 11 is 0. The zero-order valence-electron chi connectivity index (χ0n) is 12.4. The number of carbonyl (C=O) groups excluding carboxylic acids is 1. The third kappa shape index (κ3) is 5.72. The molecule has 0 saturated carbocycles. The number of aliphatic hydroxyl groups is 1. The first kappa shape index (κ1) is 16.7. The Bertz CT molecular complexity index is 391. The van der Waals surface area contributed by atoms with Crippen LogP contribution >= 0.6 is 0 Å². The molecule has 0 aliphatic carbocycles. The van der Waals surface area contributed by atoms with Gasteiger partial charge in [-0.2, -0.15) is 0 Å². The van der Waals surface area contributed by atoms with Crippen LogP contribution in [0.4, 0.5) is 0 Å². The first-order chi connectivity index (χ1) is 9.54. The second kappa shape index (κ2) is 8.72. The molecule has 20 heavy (non-hydrogen) atoms. The van der Waals surface area contributed by atoms with Gasteiger partial charge in [0.25, 0.3) is 0 Å². The standard InChI is InChI=1S/C16H24O4/c1-12(9-17)16(13(2)10-19-14(3)18)20-11-15-7-5-4-6-8-15/h4-8,12-13,16-17H,9-11H2,1-3H3/t12-,13+,16+/m0/s1. The molecule has 0 aromatic heterocycles. The predicted octanol–water partition coefficient (Wildman–Crippen LogP) is 2.40. The van der Waals surface area contributed by atoms with E-state index in [0.29, 0.717) is 13.2 Å². The monoisotopic (exact) mass is 280 g/mol. The molecule has 4 heteroatoms. The van der Waals surface area contributed by atoms with Crippen LogP contribution in [0.1, 0.15) is 26.3 Å². The number of hydrogen-bond acceptors (Lipinski definition) is 4. The summed E-state index contributed by atoms with van der Waals surface area (Å²) in [6.07, 6.45) is -0.153. The summed E-state index contributed by atoms with van der Waals surface area (Å²) in [4.78, 5) is 10.9. The Balaban J connectivity index is 2.57. The summed E-state index contributed by atoms with van der Waals surface area (Å²) < 4.78 is 11.0. The molecule has 0 spiro atoms. The topological polar surface area (TPSA) is 55.8 Å². The molecule has 0 saturated heterocycles. The Hall–Kier alpha value is -1.39. The summed E-state index contributed by atoms with van der Waals surface area (Å²) in [5.74, 6) is -0.274. The molecule has 0 fully saturated rings. The lowest BCUT2D eigenvalue weighted by atomic mass is 9.94. The van der Waals surface area contributed by atoms with E-state index in [4.69, 9.17) is 9.47 Å². The van der Waals surface area contributed by atoms with Crippen molar-refractivity contribution in [2.75, 3.05) is 13.2 Å². The fourth-order valence-electron chi connectivity index (χ4n) is 2.10. The van der Waals surface area contributed by atoms with Crippen LogP contribution in [0.3, 0.4) is 0 Å². The fraction of sp³-hybridized carbons (Fsp3) is 0.562. The maximum Gasteiger partial charge on any atom is 0.302 e. The Morgan fingerprint density at radius 1 is 1.20 bits per heavy atom. The third-order valence-electron chi connectivity index (χ3n) is 3.24. The average molecular weight is 280 g/mol. The molecule has 1 rings (SSSR count). The van der Waals surface area contributed by atoms with Crippen molar-refractivity contribution < 1.29 is 19.4 Å². The van der Waals surface area contributed by atoms with E-state index < -0.39 is 0 Å². The molecule has 3 atom stereocenters. The highest BCUT2D eigenvalue weighted by Crippen LogP contribution is 2.19. The van der Waals surface area contributed by atoms with Crippen LogP contribution in [0.5, 0.6) is 0 Å². The number of benzene rings is 1. The van der Waals surface area contributed by atoms with Gasteiger partial charge < -0.3 is 14.6 Å². The van der Waals surface area contributed by atoms with Crippen molar-refractivity contribution in [1.29, 1.82) is 0 Å². The third-order valence-corrected chi connectivity index (χ3v) is 3.24. The predicted molar refractivity (Wildman–Crippen MR) is 77.1 cm³/mol. The minimum Gasteiger partial charge on any atom is -0.465 e. The van der Waals surface area contributed by atoms with Crippen molar-refractivity contribution >= 4 is 5.97 Å². The molecule has 0 amide bonds. The number of aliphatic hydroxyl groups excluding tert-OH is 1. The normalized spacial score (nSPS) is 15.4. The molecule has 1 aromatic carbocycles. The lowest BCUT2D eigenvalue weighted by Crippen LogP contribution is -2.34. The molecule has 0 heterocycles. The molecule has 1 N–H and O–H groups in total. The fourth-order valence-corrected chi connectivity index (χ4v) is 2.10. The van der Waals surface area contributed by atoms with Gasteiger partial charge in [-0.3, -0.25) is 4.79 Å². The molecule has 0 unspecified atom stereocenters. The molecule has 4 nitrogen and oxygen atoms in total. The quantitative estimate of drug-likeness (QED) is 0.743. The van der Waals surface area contributed by atoms with Crippen LogP contribution in [0, 0.1) is 11.8 Å². The van der Waals surface area contributed by atoms with Crippen molar-refractivity contribution in [1.82, 2.24) is 0 Å². The summed E-state index contributed by atoms with van der Waals surface area (Å²) in [5.41, 5.74) is 1.09. The van der Waals surface area contributed by atoms with Crippen LogP contribution in [0.2, 0.25) is 0 Å². The van der Waals surface area contributed by atoms with E-state index in [1.165, 1.54) is 6.92 Å². The van der Waals surface area contributed by atoms with E-state index in [9.17, 15) is 9.90 Å². The van der Waals surface area contributed by atoms with Gasteiger partial charge in [0.1, 0.15) is 0 Å². The summed E-state index contributed by atoms with van der Waals surface area (Å²) in [5, 5.41) is 9.34.